The molecular formula is C14H26N4O2. The Labute approximate surface area is 119 Å². The fraction of sp³-hybridized carbons (Fsp3) is 0.714. The average molecular weight is 282 g/mol. The number of nitrogens with two attached hydrogens (primary N) is 1. The molecular weight excluding hydrogens is 256 g/mol. The quantitative estimate of drug-likeness (QED) is 0.855. The summed E-state index contributed by atoms with van der Waals surface area (Å²) in [6.07, 6.45) is 1.69. The van der Waals surface area contributed by atoms with Gasteiger partial charge in [0, 0.05) is 20.1 Å². The van der Waals surface area contributed by atoms with Crippen molar-refractivity contribution in [1.29, 1.82) is 0 Å². The number of nitrogen functional groups attached to an aromatic ring is 1. The van der Waals surface area contributed by atoms with E-state index >= 15 is 0 Å². The Balaban J connectivity index is 3.13. The molecule has 0 saturated carbocycles. The van der Waals surface area contributed by atoms with Crippen LogP contribution in [0.5, 0.6) is 0 Å². The molecule has 0 fully saturated rings. The number of rotatable bonds is 5. The van der Waals surface area contributed by atoms with Gasteiger partial charge in [-0.05, 0) is 18.3 Å². The Hall–Kier alpha value is -1.72. The Morgan fingerprint density at radius 2 is 1.85 bits per heavy atom. The Kier molecular flexibility index (Phi) is 5.03. The first kappa shape index (κ1) is 16.3. The van der Waals surface area contributed by atoms with Crippen LogP contribution in [0.3, 0.4) is 0 Å². The van der Waals surface area contributed by atoms with Gasteiger partial charge in [0.25, 0.3) is 5.56 Å². The molecule has 0 saturated heterocycles. The molecule has 0 unspecified atom stereocenters. The molecule has 6 nitrogen and oxygen atoms in total. The molecule has 1 rings (SSSR count). The van der Waals surface area contributed by atoms with E-state index in [-0.39, 0.29) is 22.5 Å². The van der Waals surface area contributed by atoms with E-state index in [9.17, 15) is 9.59 Å². The van der Waals surface area contributed by atoms with Crippen LogP contribution in [0.15, 0.2) is 9.59 Å². The molecule has 3 N–H and O–H groups in total. The molecule has 0 amide bonds. The molecule has 0 atom stereocenters. The molecule has 0 aliphatic carbocycles. The zero-order valence-corrected chi connectivity index (χ0v) is 13.1. The average Bonchev–Trinajstić information content (AvgIpc) is 2.35. The van der Waals surface area contributed by atoms with Gasteiger partial charge >= 0.3 is 5.69 Å². The van der Waals surface area contributed by atoms with Crippen LogP contribution in [0, 0.1) is 5.41 Å². The Bertz CT molecular complexity index is 579. The van der Waals surface area contributed by atoms with Crippen molar-refractivity contribution in [2.45, 2.75) is 47.1 Å². The van der Waals surface area contributed by atoms with Gasteiger partial charge in [-0.3, -0.25) is 13.9 Å². The van der Waals surface area contributed by atoms with Crippen molar-refractivity contribution >= 4 is 11.5 Å². The summed E-state index contributed by atoms with van der Waals surface area (Å²) in [5, 5.41) is 3.09. The van der Waals surface area contributed by atoms with Crippen molar-refractivity contribution in [1.82, 2.24) is 9.13 Å². The van der Waals surface area contributed by atoms with Gasteiger partial charge in [-0.25, -0.2) is 4.79 Å². The van der Waals surface area contributed by atoms with Crippen molar-refractivity contribution < 1.29 is 0 Å². The van der Waals surface area contributed by atoms with E-state index in [4.69, 9.17) is 5.73 Å². The summed E-state index contributed by atoms with van der Waals surface area (Å²) in [4.78, 5) is 24.1. The summed E-state index contributed by atoms with van der Waals surface area (Å²) in [7, 11) is 1.48. The van der Waals surface area contributed by atoms with Crippen LogP contribution in [0.4, 0.5) is 11.5 Å². The van der Waals surface area contributed by atoms with E-state index in [0.29, 0.717) is 18.8 Å². The van der Waals surface area contributed by atoms with Crippen molar-refractivity contribution in [3.05, 3.63) is 20.8 Å². The first-order valence-electron chi connectivity index (χ1n) is 7.02. The van der Waals surface area contributed by atoms with E-state index in [0.717, 1.165) is 17.4 Å². The van der Waals surface area contributed by atoms with Gasteiger partial charge in [-0.15, -0.1) is 0 Å². The third kappa shape index (κ3) is 3.65. The summed E-state index contributed by atoms with van der Waals surface area (Å²) in [6, 6.07) is 0. The maximum absolute atomic E-state index is 12.1. The highest BCUT2D eigenvalue weighted by Gasteiger charge is 2.16. The van der Waals surface area contributed by atoms with Gasteiger partial charge in [0.1, 0.15) is 11.5 Å². The maximum atomic E-state index is 12.1. The number of hydrogen-bond acceptors (Lipinski definition) is 4. The van der Waals surface area contributed by atoms with Crippen LogP contribution in [-0.2, 0) is 13.6 Å². The summed E-state index contributed by atoms with van der Waals surface area (Å²) < 4.78 is 2.55. The molecule has 0 radical (unpaired) electrons. The van der Waals surface area contributed by atoms with Crippen LogP contribution < -0.4 is 22.3 Å². The number of anilines is 2. The van der Waals surface area contributed by atoms with Gasteiger partial charge in [0.15, 0.2) is 0 Å². The van der Waals surface area contributed by atoms with Crippen molar-refractivity contribution in [3.63, 3.8) is 0 Å². The zero-order valence-electron chi connectivity index (χ0n) is 13.1. The van der Waals surface area contributed by atoms with E-state index < -0.39 is 0 Å². The molecule has 1 heterocycles. The second-order valence-corrected chi connectivity index (χ2v) is 6.30. The summed E-state index contributed by atoms with van der Waals surface area (Å²) in [5.74, 6) is 0.230. The van der Waals surface area contributed by atoms with Crippen LogP contribution in [-0.4, -0.2) is 15.7 Å². The Morgan fingerprint density at radius 1 is 1.25 bits per heavy atom. The first-order chi connectivity index (χ1) is 9.19. The van der Waals surface area contributed by atoms with Crippen molar-refractivity contribution in [2.75, 3.05) is 17.6 Å². The second-order valence-electron chi connectivity index (χ2n) is 6.30. The van der Waals surface area contributed by atoms with Gasteiger partial charge in [0.2, 0.25) is 0 Å². The minimum atomic E-state index is -0.367. The highest BCUT2D eigenvalue weighted by Crippen LogP contribution is 2.19. The Morgan fingerprint density at radius 3 is 2.35 bits per heavy atom. The summed E-state index contributed by atoms with van der Waals surface area (Å²) in [5.41, 5.74) is 5.74. The number of nitrogens with one attached hydrogen (secondary N) is 1. The summed E-state index contributed by atoms with van der Waals surface area (Å²) >= 11 is 0. The van der Waals surface area contributed by atoms with Crippen LogP contribution >= 0.6 is 0 Å². The normalized spacial score (nSPS) is 11.7. The maximum Gasteiger partial charge on any atom is 0.332 e. The molecule has 0 aromatic carbocycles. The third-order valence-corrected chi connectivity index (χ3v) is 3.21. The van der Waals surface area contributed by atoms with E-state index in [1.54, 1.807) is 0 Å². The molecule has 114 valence electrons. The molecule has 0 spiro atoms. The molecule has 6 heteroatoms. The second kappa shape index (κ2) is 6.15. The molecule has 1 aromatic rings. The van der Waals surface area contributed by atoms with Crippen molar-refractivity contribution in [2.24, 2.45) is 12.5 Å². The van der Waals surface area contributed by atoms with Gasteiger partial charge < -0.3 is 11.1 Å². The fourth-order valence-corrected chi connectivity index (χ4v) is 1.95. The summed E-state index contributed by atoms with van der Waals surface area (Å²) in [6.45, 7) is 9.51. The highest BCUT2D eigenvalue weighted by molar-refractivity contribution is 5.60. The molecule has 1 aromatic heterocycles. The number of hydrogen-bond donors (Lipinski definition) is 2. The van der Waals surface area contributed by atoms with Crippen LogP contribution in [0.1, 0.15) is 40.5 Å². The van der Waals surface area contributed by atoms with Gasteiger partial charge in [-0.1, -0.05) is 27.7 Å². The minimum Gasteiger partial charge on any atom is -0.383 e. The van der Waals surface area contributed by atoms with Crippen LogP contribution in [0.2, 0.25) is 0 Å². The number of aromatic nitrogens is 2. The predicted molar refractivity (Wildman–Crippen MR) is 83.2 cm³/mol. The fourth-order valence-electron chi connectivity index (χ4n) is 1.95. The monoisotopic (exact) mass is 282 g/mol. The number of nitrogens with zero attached hydrogens (tertiary/aromatic N) is 2. The lowest BCUT2D eigenvalue weighted by atomic mass is 9.92. The van der Waals surface area contributed by atoms with E-state index in [1.807, 2.05) is 6.92 Å². The minimum absolute atomic E-state index is 0.171. The van der Waals surface area contributed by atoms with Gasteiger partial charge in [0.05, 0.1) is 0 Å². The topological polar surface area (TPSA) is 82.0 Å². The lowest BCUT2D eigenvalue weighted by Crippen LogP contribution is -2.41. The first-order valence-corrected chi connectivity index (χ1v) is 7.02. The third-order valence-electron chi connectivity index (χ3n) is 3.21. The highest BCUT2D eigenvalue weighted by atomic mass is 16.2. The van der Waals surface area contributed by atoms with Gasteiger partial charge in [-0.2, -0.15) is 0 Å². The standard InChI is InChI=1S/C14H26N4O2/c1-6-9-18-11(15)10(12(19)17(5)13(18)20)16-8-7-14(2,3)4/h16H,6-9,15H2,1-5H3. The van der Waals surface area contributed by atoms with Crippen molar-refractivity contribution in [3.8, 4) is 0 Å². The smallest absolute Gasteiger partial charge is 0.332 e. The molecule has 0 aliphatic rings. The largest absolute Gasteiger partial charge is 0.383 e. The SMILES string of the molecule is CCCn1c(N)c(NCCC(C)(C)C)c(=O)n(C)c1=O. The molecule has 0 aliphatic heterocycles. The molecule has 0 bridgehead atoms. The van der Waals surface area contributed by atoms with E-state index in [1.165, 1.54) is 11.6 Å². The predicted octanol–water partition coefficient (Wildman–Crippen LogP) is 1.39. The van der Waals surface area contributed by atoms with Crippen LogP contribution in [0.25, 0.3) is 0 Å². The lowest BCUT2D eigenvalue weighted by molar-refractivity contribution is 0.389. The molecule has 20 heavy (non-hydrogen) atoms. The lowest BCUT2D eigenvalue weighted by Gasteiger charge is -2.20. The zero-order chi connectivity index (χ0) is 15.5. The van der Waals surface area contributed by atoms with E-state index in [2.05, 4.69) is 26.1 Å².